The van der Waals surface area contributed by atoms with Crippen LogP contribution in [0, 0.1) is 11.8 Å². The van der Waals surface area contributed by atoms with E-state index >= 15 is 0 Å². The van der Waals surface area contributed by atoms with Crippen molar-refractivity contribution in [3.8, 4) is 0 Å². The van der Waals surface area contributed by atoms with Crippen LogP contribution in [0.25, 0.3) is 0 Å². The third-order valence-corrected chi connectivity index (χ3v) is 6.67. The summed E-state index contributed by atoms with van der Waals surface area (Å²) in [5.74, 6) is 2.26. The van der Waals surface area contributed by atoms with E-state index < -0.39 is 5.60 Å². The fourth-order valence-corrected chi connectivity index (χ4v) is 5.73. The highest BCUT2D eigenvalue weighted by Gasteiger charge is 2.71. The summed E-state index contributed by atoms with van der Waals surface area (Å²) in [6.07, 6.45) is 2.27. The molecule has 0 spiro atoms. The zero-order chi connectivity index (χ0) is 15.3. The lowest BCUT2D eigenvalue weighted by Crippen LogP contribution is -2.74. The van der Waals surface area contributed by atoms with Crippen LogP contribution < -0.4 is 0 Å². The molecule has 0 radical (unpaired) electrons. The monoisotopic (exact) mass is 317 g/mol. The maximum absolute atomic E-state index is 13.0. The Morgan fingerprint density at radius 3 is 2.68 bits per heavy atom. The van der Waals surface area contributed by atoms with Crippen LogP contribution in [0.15, 0.2) is 30.3 Å². The number of fused-ring (bicyclic) bond motifs is 1. The predicted molar refractivity (Wildman–Crippen MR) is 88.4 cm³/mol. The van der Waals surface area contributed by atoms with E-state index in [4.69, 9.17) is 4.74 Å². The molecule has 2 aliphatic heterocycles. The lowest BCUT2D eigenvalue weighted by atomic mass is 9.83. The van der Waals surface area contributed by atoms with Gasteiger partial charge in [-0.1, -0.05) is 44.2 Å². The Morgan fingerprint density at radius 2 is 2.05 bits per heavy atom. The highest BCUT2D eigenvalue weighted by molar-refractivity contribution is 8.00. The first kappa shape index (κ1) is 14.6. The molecule has 118 valence electrons. The normalized spacial score (nSPS) is 34.0. The van der Waals surface area contributed by atoms with Crippen LogP contribution in [0.2, 0.25) is 0 Å². The molecule has 3 fully saturated rings. The van der Waals surface area contributed by atoms with Gasteiger partial charge in [0, 0.05) is 17.7 Å². The van der Waals surface area contributed by atoms with Gasteiger partial charge in [-0.25, -0.2) is 0 Å². The van der Waals surface area contributed by atoms with Crippen molar-refractivity contribution in [1.29, 1.82) is 0 Å². The van der Waals surface area contributed by atoms with Crippen LogP contribution in [0.3, 0.4) is 0 Å². The molecule has 2 saturated heterocycles. The van der Waals surface area contributed by atoms with E-state index in [1.165, 1.54) is 0 Å². The summed E-state index contributed by atoms with van der Waals surface area (Å²) in [5, 5.41) is 0.239. The minimum absolute atomic E-state index is 0.239. The van der Waals surface area contributed by atoms with Gasteiger partial charge in [-0.3, -0.25) is 4.79 Å². The molecule has 0 aromatic heterocycles. The standard InChI is InChI=1S/C18H23NO2S/c1-12(2)15-11-22-17-18(14-8-9-14,16(20)19(15)17)21-10-13-6-4-3-5-7-13/h3-7,12,14-15,17H,8-11H2,1-2H3/t15-,17+,18+/m1/s1. The van der Waals surface area contributed by atoms with E-state index in [9.17, 15) is 4.79 Å². The van der Waals surface area contributed by atoms with Crippen molar-refractivity contribution in [3.05, 3.63) is 35.9 Å². The molecule has 1 amide bonds. The van der Waals surface area contributed by atoms with Gasteiger partial charge in [0.1, 0.15) is 5.37 Å². The quantitative estimate of drug-likeness (QED) is 0.781. The lowest BCUT2D eigenvalue weighted by Gasteiger charge is -2.54. The molecule has 0 N–H and O–H groups in total. The van der Waals surface area contributed by atoms with Gasteiger partial charge in [0.15, 0.2) is 5.60 Å². The molecule has 1 saturated carbocycles. The average Bonchev–Trinajstić information content (AvgIpc) is 3.27. The molecule has 1 aliphatic carbocycles. The Labute approximate surface area is 136 Å². The summed E-state index contributed by atoms with van der Waals surface area (Å²) in [7, 11) is 0. The van der Waals surface area contributed by atoms with E-state index in [-0.39, 0.29) is 11.3 Å². The Morgan fingerprint density at radius 1 is 1.32 bits per heavy atom. The summed E-state index contributed by atoms with van der Waals surface area (Å²) in [4.78, 5) is 15.1. The maximum Gasteiger partial charge on any atom is 0.259 e. The smallest absolute Gasteiger partial charge is 0.259 e. The van der Waals surface area contributed by atoms with Crippen LogP contribution in [0.4, 0.5) is 0 Å². The molecule has 22 heavy (non-hydrogen) atoms. The molecular weight excluding hydrogens is 294 g/mol. The summed E-state index contributed by atoms with van der Waals surface area (Å²) in [5.41, 5.74) is 0.613. The lowest BCUT2D eigenvalue weighted by molar-refractivity contribution is -0.204. The van der Waals surface area contributed by atoms with Crippen molar-refractivity contribution in [2.75, 3.05) is 5.75 Å². The minimum Gasteiger partial charge on any atom is -0.357 e. The highest BCUT2D eigenvalue weighted by atomic mass is 32.2. The molecule has 4 rings (SSSR count). The van der Waals surface area contributed by atoms with E-state index in [2.05, 4.69) is 30.9 Å². The Hall–Kier alpha value is -1.00. The number of ether oxygens (including phenoxy) is 1. The summed E-state index contributed by atoms with van der Waals surface area (Å²) >= 11 is 1.92. The largest absolute Gasteiger partial charge is 0.357 e. The molecule has 0 unspecified atom stereocenters. The Kier molecular flexibility index (Phi) is 3.50. The number of carbonyl (C=O) groups is 1. The van der Waals surface area contributed by atoms with Gasteiger partial charge in [-0.2, -0.15) is 0 Å². The van der Waals surface area contributed by atoms with Gasteiger partial charge in [0.2, 0.25) is 0 Å². The van der Waals surface area contributed by atoms with Crippen molar-refractivity contribution in [1.82, 2.24) is 4.90 Å². The Bertz CT molecular complexity index is 572. The Balaban J connectivity index is 1.54. The first-order valence-corrected chi connectivity index (χ1v) is 9.31. The van der Waals surface area contributed by atoms with Gasteiger partial charge in [0.05, 0.1) is 6.61 Å². The van der Waals surface area contributed by atoms with Gasteiger partial charge in [-0.15, -0.1) is 11.8 Å². The van der Waals surface area contributed by atoms with Crippen LogP contribution in [-0.4, -0.2) is 33.6 Å². The minimum atomic E-state index is -0.538. The number of benzene rings is 1. The third-order valence-electron chi connectivity index (χ3n) is 5.24. The molecular formula is C18H23NO2S. The van der Waals surface area contributed by atoms with Gasteiger partial charge >= 0.3 is 0 Å². The van der Waals surface area contributed by atoms with E-state index in [0.717, 1.165) is 24.2 Å². The van der Waals surface area contributed by atoms with Crippen molar-refractivity contribution in [3.63, 3.8) is 0 Å². The first-order valence-electron chi connectivity index (χ1n) is 8.27. The molecule has 3 atom stereocenters. The summed E-state index contributed by atoms with van der Waals surface area (Å²) in [6.45, 7) is 4.96. The fraction of sp³-hybridized carbons (Fsp3) is 0.611. The number of rotatable bonds is 5. The molecule has 4 heteroatoms. The molecule has 3 nitrogen and oxygen atoms in total. The SMILES string of the molecule is CC(C)[C@H]1CS[C@@H]2N1C(=O)[C@@]2(OCc1ccccc1)C1CC1. The van der Waals surface area contributed by atoms with E-state index in [0.29, 0.717) is 24.5 Å². The third kappa shape index (κ3) is 2.04. The van der Waals surface area contributed by atoms with Crippen molar-refractivity contribution in [2.45, 2.75) is 50.3 Å². The molecule has 3 aliphatic rings. The zero-order valence-corrected chi connectivity index (χ0v) is 14.0. The fourth-order valence-electron chi connectivity index (χ4n) is 3.78. The number of nitrogens with zero attached hydrogens (tertiary/aromatic N) is 1. The second-order valence-corrected chi connectivity index (χ2v) is 8.16. The topological polar surface area (TPSA) is 29.5 Å². The number of thioether (sulfide) groups is 1. The highest BCUT2D eigenvalue weighted by Crippen LogP contribution is 2.58. The molecule has 0 bridgehead atoms. The first-order chi connectivity index (χ1) is 10.6. The van der Waals surface area contributed by atoms with E-state index in [1.807, 2.05) is 30.0 Å². The van der Waals surface area contributed by atoms with Crippen LogP contribution in [0.1, 0.15) is 32.3 Å². The molecule has 1 aromatic carbocycles. The van der Waals surface area contributed by atoms with Crippen molar-refractivity contribution in [2.24, 2.45) is 11.8 Å². The number of β-lactam (4-membered cyclic amide) rings is 1. The van der Waals surface area contributed by atoms with Gasteiger partial charge in [0.25, 0.3) is 5.91 Å². The number of hydrogen-bond acceptors (Lipinski definition) is 3. The number of carbonyl (C=O) groups excluding carboxylic acids is 1. The van der Waals surface area contributed by atoms with Crippen LogP contribution in [0.5, 0.6) is 0 Å². The van der Waals surface area contributed by atoms with Crippen molar-refractivity contribution >= 4 is 17.7 Å². The predicted octanol–water partition coefficient (Wildman–Crippen LogP) is 3.29. The number of hydrogen-bond donors (Lipinski definition) is 0. The molecule has 2 heterocycles. The summed E-state index contributed by atoms with van der Waals surface area (Å²) in [6, 6.07) is 10.6. The van der Waals surface area contributed by atoms with Gasteiger partial charge < -0.3 is 9.64 Å². The zero-order valence-electron chi connectivity index (χ0n) is 13.2. The molecule has 1 aromatic rings. The summed E-state index contributed by atoms with van der Waals surface area (Å²) < 4.78 is 6.32. The van der Waals surface area contributed by atoms with Crippen LogP contribution in [-0.2, 0) is 16.1 Å². The average molecular weight is 317 g/mol. The van der Waals surface area contributed by atoms with E-state index in [1.54, 1.807) is 0 Å². The number of amides is 1. The van der Waals surface area contributed by atoms with Crippen LogP contribution >= 0.6 is 11.8 Å². The van der Waals surface area contributed by atoms with Gasteiger partial charge in [-0.05, 0) is 24.3 Å². The second-order valence-electron chi connectivity index (χ2n) is 7.05. The maximum atomic E-state index is 13.0. The van der Waals surface area contributed by atoms with Crippen molar-refractivity contribution < 1.29 is 9.53 Å². The second kappa shape index (κ2) is 5.27.